The lowest BCUT2D eigenvalue weighted by Gasteiger charge is -2.26. The Bertz CT molecular complexity index is 2890. The zero-order valence-electron chi connectivity index (χ0n) is 34.0. The number of imidazole rings is 1. The predicted octanol–water partition coefficient (Wildman–Crippen LogP) is 5.36. The molecule has 0 aliphatic carbocycles. The van der Waals surface area contributed by atoms with E-state index in [4.69, 9.17) is 19.9 Å². The molecule has 322 valence electrons. The lowest BCUT2D eigenvalue weighted by molar-refractivity contribution is 0.192. The second kappa shape index (κ2) is 17.9. The van der Waals surface area contributed by atoms with Crippen molar-refractivity contribution < 1.29 is 40.9 Å². The molecule has 0 bridgehead atoms. The number of fused-ring (bicyclic) bond motifs is 1. The number of hydrogen-bond acceptors (Lipinski definition) is 13. The first-order valence-corrected chi connectivity index (χ1v) is 22.1. The molecule has 0 aliphatic rings. The van der Waals surface area contributed by atoms with Gasteiger partial charge < -0.3 is 35.4 Å². The maximum absolute atomic E-state index is 15.9. The number of benzene rings is 5. The Morgan fingerprint density at radius 1 is 0.806 bits per heavy atom. The molecule has 7 rings (SSSR count). The van der Waals surface area contributed by atoms with Crippen LogP contribution in [0.5, 0.6) is 17.2 Å². The molecule has 20 heteroatoms. The van der Waals surface area contributed by atoms with Gasteiger partial charge in [-0.25, -0.2) is 26.6 Å². The van der Waals surface area contributed by atoms with E-state index in [1.807, 2.05) is 12.1 Å². The van der Waals surface area contributed by atoms with Crippen LogP contribution in [-0.4, -0.2) is 95.6 Å². The molecule has 62 heavy (non-hydrogen) atoms. The summed E-state index contributed by atoms with van der Waals surface area (Å²) in [6.07, 6.45) is -1.45. The molecule has 7 aromatic rings. The van der Waals surface area contributed by atoms with Gasteiger partial charge in [-0.1, -0.05) is 54.6 Å². The highest BCUT2D eigenvalue weighted by atomic mass is 32.2. The highest BCUT2D eigenvalue weighted by Gasteiger charge is 2.38. The second-order valence-corrected chi connectivity index (χ2v) is 18.1. The van der Waals surface area contributed by atoms with E-state index in [1.54, 1.807) is 86.0 Å². The van der Waals surface area contributed by atoms with Crippen LogP contribution in [-0.2, 0) is 39.5 Å². The lowest BCUT2D eigenvalue weighted by atomic mass is 9.98. The molecular formula is C42H43N9O9S2. The zero-order valence-corrected chi connectivity index (χ0v) is 35.6. The number of nitrogens with zero attached hydrogens (tertiary/aromatic N) is 6. The Balaban J connectivity index is 1.51. The predicted molar refractivity (Wildman–Crippen MR) is 230 cm³/mol. The van der Waals surface area contributed by atoms with Crippen molar-refractivity contribution in [1.29, 1.82) is 0 Å². The first kappa shape index (κ1) is 43.1. The van der Waals surface area contributed by atoms with Gasteiger partial charge in [-0.15, -0.1) is 10.2 Å². The molecule has 1 unspecified atom stereocenters. The van der Waals surface area contributed by atoms with E-state index < -0.39 is 47.5 Å². The summed E-state index contributed by atoms with van der Waals surface area (Å²) in [7, 11) is -5.01. The second-order valence-electron chi connectivity index (χ2n) is 14.2. The molecule has 1 atom stereocenters. The zero-order chi connectivity index (χ0) is 44.2. The third kappa shape index (κ3) is 9.31. The number of nitrogens with two attached hydrogens (primary N) is 1. The third-order valence-corrected chi connectivity index (χ3v) is 13.9. The monoisotopic (exact) mass is 881 g/mol. The highest BCUT2D eigenvalue weighted by Crippen LogP contribution is 2.43. The summed E-state index contributed by atoms with van der Waals surface area (Å²) < 4.78 is 78.2. The standard InChI is InChI=1S/C42H43N9O9S2/c1-26(44-42(52)53)25-61(54,55)36-21-20-33(34-6-5-7-35-38(34)46-41(43)45-35)37(40-47-49-51(48-40)24-29-12-18-32(60-4)19-13-29)39(36)62(56,57)50(22-27-8-14-30(58-2)15-9-27)23-28-10-16-31(59-3)17-11-28/h5-21,26,44H,22-25H2,1-4H3,(H,52,53)(H3,43,45,46). The van der Waals surface area contributed by atoms with Gasteiger partial charge in [0.15, 0.2) is 15.8 Å². The van der Waals surface area contributed by atoms with Gasteiger partial charge in [0.05, 0.1) is 55.1 Å². The minimum absolute atomic E-state index is 0.0923. The molecule has 0 aliphatic heterocycles. The largest absolute Gasteiger partial charge is 0.497 e. The van der Waals surface area contributed by atoms with Crippen LogP contribution >= 0.6 is 0 Å². The van der Waals surface area contributed by atoms with Gasteiger partial charge in [-0.3, -0.25) is 0 Å². The van der Waals surface area contributed by atoms with Crippen LogP contribution in [0.15, 0.2) is 113 Å². The number of hydrogen-bond donors (Lipinski definition) is 4. The molecule has 0 spiro atoms. The van der Waals surface area contributed by atoms with E-state index >= 15 is 8.42 Å². The number of para-hydroxylation sites is 1. The van der Waals surface area contributed by atoms with Gasteiger partial charge in [0.1, 0.15) is 22.1 Å². The third-order valence-electron chi connectivity index (χ3n) is 9.91. The van der Waals surface area contributed by atoms with Crippen LogP contribution in [0.3, 0.4) is 0 Å². The summed E-state index contributed by atoms with van der Waals surface area (Å²) >= 11 is 0. The molecule has 2 heterocycles. The van der Waals surface area contributed by atoms with Crippen molar-refractivity contribution in [3.8, 4) is 39.8 Å². The Morgan fingerprint density at radius 2 is 1.37 bits per heavy atom. The number of ether oxygens (including phenoxy) is 3. The van der Waals surface area contributed by atoms with Crippen molar-refractivity contribution in [3.05, 3.63) is 120 Å². The molecule has 0 saturated carbocycles. The fraction of sp³-hybridized carbons (Fsp3) is 0.214. The topological polar surface area (TPSA) is 247 Å². The maximum atomic E-state index is 15.9. The number of H-pyrrole nitrogens is 1. The first-order valence-electron chi connectivity index (χ1n) is 19.0. The van der Waals surface area contributed by atoms with E-state index in [1.165, 1.54) is 38.1 Å². The van der Waals surface area contributed by atoms with Crippen LogP contribution in [0.2, 0.25) is 0 Å². The number of nitrogen functional groups attached to an aromatic ring is 1. The van der Waals surface area contributed by atoms with E-state index in [2.05, 4.69) is 30.7 Å². The Kier molecular flexibility index (Phi) is 12.4. The molecule has 5 aromatic carbocycles. The van der Waals surface area contributed by atoms with Gasteiger partial charge in [-0.05, 0) is 82.9 Å². The first-order chi connectivity index (χ1) is 29.7. The van der Waals surface area contributed by atoms with E-state index in [9.17, 15) is 18.3 Å². The van der Waals surface area contributed by atoms with Crippen molar-refractivity contribution in [1.82, 2.24) is 39.8 Å². The number of nitrogens with one attached hydrogen (secondary N) is 2. The average Bonchev–Trinajstić information content (AvgIpc) is 3.88. The number of aromatic amines is 1. The number of sulfone groups is 1. The van der Waals surface area contributed by atoms with Gasteiger partial charge >= 0.3 is 6.09 Å². The number of sulfonamides is 1. The molecule has 18 nitrogen and oxygen atoms in total. The van der Waals surface area contributed by atoms with E-state index in [0.29, 0.717) is 45.0 Å². The molecule has 2 aromatic heterocycles. The van der Waals surface area contributed by atoms with Gasteiger partial charge in [0.25, 0.3) is 0 Å². The summed E-state index contributed by atoms with van der Waals surface area (Å²) in [5.74, 6) is 0.810. The minimum atomic E-state index is -4.95. The van der Waals surface area contributed by atoms with Gasteiger partial charge in [0.2, 0.25) is 15.8 Å². The van der Waals surface area contributed by atoms with E-state index in [0.717, 1.165) is 9.87 Å². The number of anilines is 1. The number of methoxy groups -OCH3 is 3. The van der Waals surface area contributed by atoms with Crippen LogP contribution in [0.1, 0.15) is 23.6 Å². The number of rotatable bonds is 17. The van der Waals surface area contributed by atoms with Crippen molar-refractivity contribution in [2.45, 2.75) is 42.4 Å². The number of carboxylic acid groups (broad SMARTS) is 1. The van der Waals surface area contributed by atoms with Crippen molar-refractivity contribution in [3.63, 3.8) is 0 Å². The van der Waals surface area contributed by atoms with Crippen LogP contribution < -0.4 is 25.3 Å². The summed E-state index contributed by atoms with van der Waals surface area (Å²) in [4.78, 5) is 19.1. The summed E-state index contributed by atoms with van der Waals surface area (Å²) in [6, 6.07) is 27.4. The number of carbonyl (C=O) groups is 1. The summed E-state index contributed by atoms with van der Waals surface area (Å²) in [5, 5.41) is 24.9. The molecule has 0 saturated heterocycles. The van der Waals surface area contributed by atoms with Gasteiger partial charge in [-0.2, -0.15) is 9.10 Å². The highest BCUT2D eigenvalue weighted by molar-refractivity contribution is 7.93. The number of amides is 1. The average molecular weight is 882 g/mol. The fourth-order valence-electron chi connectivity index (χ4n) is 6.98. The van der Waals surface area contributed by atoms with Crippen LogP contribution in [0.4, 0.5) is 10.7 Å². The summed E-state index contributed by atoms with van der Waals surface area (Å²) in [5.41, 5.74) is 9.28. The fourth-order valence-corrected chi connectivity index (χ4v) is 10.9. The van der Waals surface area contributed by atoms with Crippen molar-refractivity contribution in [2.75, 3.05) is 32.8 Å². The Labute approximate surface area is 357 Å². The molecular weight excluding hydrogens is 839 g/mol. The Morgan fingerprint density at radius 3 is 1.92 bits per heavy atom. The van der Waals surface area contributed by atoms with E-state index in [-0.39, 0.29) is 42.5 Å². The number of tetrazole rings is 1. The Hall–Kier alpha value is -7.03. The molecule has 5 N–H and O–H groups in total. The molecule has 0 fully saturated rings. The quantitative estimate of drug-likeness (QED) is 0.0900. The molecule has 1 amide bonds. The van der Waals surface area contributed by atoms with Gasteiger partial charge in [0, 0.05) is 24.7 Å². The normalized spacial score (nSPS) is 12.3. The SMILES string of the molecule is COc1ccc(CN(Cc2ccc(OC)cc2)S(=O)(=O)c2c(S(=O)(=O)CC(C)NC(=O)O)ccc(-c3cccc4[nH]c(N)nc34)c2-c2nnn(Cc3ccc(OC)cc3)n2)cc1. The lowest BCUT2D eigenvalue weighted by Crippen LogP contribution is -2.37. The minimum Gasteiger partial charge on any atom is -0.497 e. The number of aromatic nitrogens is 6. The molecule has 0 radical (unpaired) electrons. The van der Waals surface area contributed by atoms with Crippen LogP contribution in [0.25, 0.3) is 33.5 Å². The summed E-state index contributed by atoms with van der Waals surface area (Å²) in [6.45, 7) is 1.03. The van der Waals surface area contributed by atoms with Crippen molar-refractivity contribution >= 4 is 42.9 Å². The smallest absolute Gasteiger partial charge is 0.404 e. The van der Waals surface area contributed by atoms with Crippen molar-refractivity contribution in [2.24, 2.45) is 0 Å². The maximum Gasteiger partial charge on any atom is 0.404 e. The van der Waals surface area contributed by atoms with Crippen LogP contribution in [0, 0.1) is 0 Å².